The first-order valence-corrected chi connectivity index (χ1v) is 9.63. The van der Waals surface area contributed by atoms with E-state index in [0.717, 1.165) is 35.7 Å². The van der Waals surface area contributed by atoms with E-state index in [9.17, 15) is 8.78 Å². The standard InChI is InChI=1S/C20H32F2/c1-14-2-6-19-13-18(10-9-17(19)12-14)16-7-3-15(4-8-16)5-11-20(21)22/h11,14-19H,2-10,12-13H2,1H3. The van der Waals surface area contributed by atoms with Gasteiger partial charge in [0, 0.05) is 0 Å². The van der Waals surface area contributed by atoms with Gasteiger partial charge in [0.1, 0.15) is 0 Å². The summed E-state index contributed by atoms with van der Waals surface area (Å²) in [6, 6.07) is 0. The summed E-state index contributed by atoms with van der Waals surface area (Å²) in [4.78, 5) is 0. The second kappa shape index (κ2) is 7.45. The molecule has 0 spiro atoms. The highest BCUT2D eigenvalue weighted by Gasteiger charge is 2.37. The molecule has 0 amide bonds. The molecular weight excluding hydrogens is 278 g/mol. The van der Waals surface area contributed by atoms with Gasteiger partial charge in [0.15, 0.2) is 0 Å². The molecule has 0 aromatic heterocycles. The fourth-order valence-corrected chi connectivity index (χ4v) is 5.74. The fourth-order valence-electron chi connectivity index (χ4n) is 5.74. The lowest BCUT2D eigenvalue weighted by atomic mass is 9.61. The first kappa shape index (κ1) is 16.5. The maximum atomic E-state index is 12.2. The van der Waals surface area contributed by atoms with Gasteiger partial charge in [-0.25, -0.2) is 0 Å². The Balaban J connectivity index is 1.45. The summed E-state index contributed by atoms with van der Waals surface area (Å²) in [5, 5.41) is 0. The second-order valence-electron chi connectivity index (χ2n) is 8.52. The van der Waals surface area contributed by atoms with Gasteiger partial charge in [0.2, 0.25) is 0 Å². The molecule has 0 aromatic rings. The van der Waals surface area contributed by atoms with Crippen LogP contribution in [0.25, 0.3) is 0 Å². The van der Waals surface area contributed by atoms with Crippen molar-refractivity contribution in [3.05, 3.63) is 12.2 Å². The highest BCUT2D eigenvalue weighted by Crippen LogP contribution is 2.49. The zero-order chi connectivity index (χ0) is 15.5. The maximum absolute atomic E-state index is 12.2. The minimum atomic E-state index is -1.49. The van der Waals surface area contributed by atoms with Gasteiger partial charge in [0.05, 0.1) is 0 Å². The van der Waals surface area contributed by atoms with E-state index in [1.54, 1.807) is 0 Å². The summed E-state index contributed by atoms with van der Waals surface area (Å²) in [5.41, 5.74) is 0. The Labute approximate surface area is 134 Å². The molecule has 126 valence electrons. The summed E-state index contributed by atoms with van der Waals surface area (Å²) in [6.45, 7) is 2.43. The average molecular weight is 310 g/mol. The van der Waals surface area contributed by atoms with E-state index in [1.807, 2.05) is 0 Å². The van der Waals surface area contributed by atoms with Crippen LogP contribution in [0.5, 0.6) is 0 Å². The molecule has 3 saturated carbocycles. The zero-order valence-electron chi connectivity index (χ0n) is 14.1. The number of hydrogen-bond acceptors (Lipinski definition) is 0. The van der Waals surface area contributed by atoms with E-state index in [2.05, 4.69) is 6.92 Å². The molecule has 3 rings (SSSR count). The van der Waals surface area contributed by atoms with Crippen LogP contribution in [-0.4, -0.2) is 0 Å². The van der Waals surface area contributed by atoms with Gasteiger partial charge in [0.25, 0.3) is 6.08 Å². The van der Waals surface area contributed by atoms with Gasteiger partial charge in [-0.1, -0.05) is 13.3 Å². The van der Waals surface area contributed by atoms with Crippen LogP contribution in [0, 0.1) is 35.5 Å². The van der Waals surface area contributed by atoms with E-state index >= 15 is 0 Å². The highest BCUT2D eigenvalue weighted by atomic mass is 19.3. The Hall–Kier alpha value is -0.400. The quantitative estimate of drug-likeness (QED) is 0.536. The van der Waals surface area contributed by atoms with Crippen LogP contribution in [0.4, 0.5) is 8.78 Å². The van der Waals surface area contributed by atoms with Crippen LogP contribution >= 0.6 is 0 Å². The van der Waals surface area contributed by atoms with E-state index in [-0.39, 0.29) is 0 Å². The first-order chi connectivity index (χ1) is 10.6. The molecular formula is C20H32F2. The van der Waals surface area contributed by atoms with Gasteiger partial charge in [-0.15, -0.1) is 0 Å². The Morgan fingerprint density at radius 1 is 0.773 bits per heavy atom. The molecule has 4 unspecified atom stereocenters. The maximum Gasteiger partial charge on any atom is 0.266 e. The van der Waals surface area contributed by atoms with Crippen molar-refractivity contribution < 1.29 is 8.78 Å². The lowest BCUT2D eigenvalue weighted by molar-refractivity contribution is 0.0636. The molecule has 2 heteroatoms. The van der Waals surface area contributed by atoms with E-state index in [1.165, 1.54) is 64.2 Å². The van der Waals surface area contributed by atoms with Crippen LogP contribution in [0.3, 0.4) is 0 Å². The summed E-state index contributed by atoms with van der Waals surface area (Å²) >= 11 is 0. The predicted molar refractivity (Wildman–Crippen MR) is 87.7 cm³/mol. The number of rotatable bonds is 3. The average Bonchev–Trinajstić information content (AvgIpc) is 2.53. The lowest BCUT2D eigenvalue weighted by Gasteiger charge is -2.45. The van der Waals surface area contributed by atoms with E-state index in [4.69, 9.17) is 0 Å². The Kier molecular flexibility index (Phi) is 5.57. The van der Waals surface area contributed by atoms with Crippen molar-refractivity contribution in [1.82, 2.24) is 0 Å². The van der Waals surface area contributed by atoms with Gasteiger partial charge in [-0.3, -0.25) is 0 Å². The molecule has 0 aliphatic heterocycles. The number of allylic oxidation sites excluding steroid dienone is 1. The molecule has 0 radical (unpaired) electrons. The van der Waals surface area contributed by atoms with Crippen molar-refractivity contribution in [2.45, 2.75) is 77.6 Å². The molecule has 0 bridgehead atoms. The number of fused-ring (bicyclic) bond motifs is 1. The van der Waals surface area contributed by atoms with Crippen LogP contribution in [0.1, 0.15) is 77.6 Å². The monoisotopic (exact) mass is 310 g/mol. The summed E-state index contributed by atoms with van der Waals surface area (Å²) < 4.78 is 24.4. The number of halogens is 2. The third kappa shape index (κ3) is 4.11. The Morgan fingerprint density at radius 3 is 2.00 bits per heavy atom. The first-order valence-electron chi connectivity index (χ1n) is 9.63. The third-order valence-electron chi connectivity index (χ3n) is 7.08. The molecule has 0 saturated heterocycles. The molecule has 0 N–H and O–H groups in total. The Morgan fingerprint density at radius 2 is 1.32 bits per heavy atom. The smallest absolute Gasteiger partial charge is 0.174 e. The van der Waals surface area contributed by atoms with Gasteiger partial charge >= 0.3 is 0 Å². The molecule has 0 aromatic carbocycles. The van der Waals surface area contributed by atoms with Crippen molar-refractivity contribution in [1.29, 1.82) is 0 Å². The van der Waals surface area contributed by atoms with Crippen molar-refractivity contribution in [3.63, 3.8) is 0 Å². The van der Waals surface area contributed by atoms with Crippen molar-refractivity contribution in [2.75, 3.05) is 0 Å². The second-order valence-corrected chi connectivity index (χ2v) is 8.52. The van der Waals surface area contributed by atoms with Crippen LogP contribution < -0.4 is 0 Å². The van der Waals surface area contributed by atoms with Gasteiger partial charge < -0.3 is 0 Å². The van der Waals surface area contributed by atoms with Gasteiger partial charge in [-0.05, 0) is 106 Å². The van der Waals surface area contributed by atoms with Crippen molar-refractivity contribution >= 4 is 0 Å². The van der Waals surface area contributed by atoms with Crippen molar-refractivity contribution in [3.8, 4) is 0 Å². The molecule has 22 heavy (non-hydrogen) atoms. The molecule has 3 aliphatic rings. The predicted octanol–water partition coefficient (Wildman–Crippen LogP) is 6.82. The molecule has 0 heterocycles. The van der Waals surface area contributed by atoms with Gasteiger partial charge in [-0.2, -0.15) is 8.78 Å². The SMILES string of the molecule is CC1CCC2CC(C3CCC(CC=C(F)F)CC3)CCC2C1. The molecule has 3 aliphatic carbocycles. The summed E-state index contributed by atoms with van der Waals surface area (Å²) in [7, 11) is 0. The lowest BCUT2D eigenvalue weighted by Crippen LogP contribution is -2.34. The topological polar surface area (TPSA) is 0 Å². The van der Waals surface area contributed by atoms with E-state index in [0.29, 0.717) is 12.3 Å². The molecule has 0 nitrogen and oxygen atoms in total. The molecule has 4 atom stereocenters. The minimum absolute atomic E-state index is 0.518. The third-order valence-corrected chi connectivity index (χ3v) is 7.08. The minimum Gasteiger partial charge on any atom is -0.174 e. The van der Waals surface area contributed by atoms with Crippen molar-refractivity contribution in [2.24, 2.45) is 35.5 Å². The van der Waals surface area contributed by atoms with Crippen LogP contribution in [-0.2, 0) is 0 Å². The highest BCUT2D eigenvalue weighted by molar-refractivity contribution is 4.90. The fraction of sp³-hybridized carbons (Fsp3) is 0.900. The summed E-state index contributed by atoms with van der Waals surface area (Å²) in [6.07, 6.45) is 14.0. The largest absolute Gasteiger partial charge is 0.266 e. The van der Waals surface area contributed by atoms with Crippen LogP contribution in [0.2, 0.25) is 0 Å². The van der Waals surface area contributed by atoms with Crippen LogP contribution in [0.15, 0.2) is 12.2 Å². The Bertz CT molecular complexity index is 377. The number of hydrogen-bond donors (Lipinski definition) is 0. The normalized spacial score (nSPS) is 42.5. The summed E-state index contributed by atoms with van der Waals surface area (Å²) in [5.74, 6) is 5.35. The molecule has 3 fully saturated rings. The zero-order valence-corrected chi connectivity index (χ0v) is 14.1. The van der Waals surface area contributed by atoms with E-state index < -0.39 is 6.08 Å².